The van der Waals surface area contributed by atoms with E-state index < -0.39 is 24.7 Å². The molecule has 140 valence electrons. The van der Waals surface area contributed by atoms with Gasteiger partial charge in [-0.1, -0.05) is 36.4 Å². The molecule has 1 aromatic heterocycles. The van der Waals surface area contributed by atoms with Gasteiger partial charge in [0, 0.05) is 11.8 Å². The summed E-state index contributed by atoms with van der Waals surface area (Å²) in [7, 11) is 1.48. The van der Waals surface area contributed by atoms with Crippen molar-refractivity contribution in [3.8, 4) is 16.9 Å². The first kappa shape index (κ1) is 18.6. The molecule has 1 heterocycles. The normalized spacial score (nSPS) is 13.0. The Morgan fingerprint density at radius 1 is 1.22 bits per heavy atom. The lowest BCUT2D eigenvalue weighted by Gasteiger charge is -2.23. The monoisotopic (exact) mass is 367 g/mol. The standard InChI is InChI=1S/C20H21N3O4/c1-27-18-9-14(15-10-21-22-11-15)7-8-16(18)20(26)23-17(12-24)19(25)13-5-3-2-4-6-13/h2-11,17,19,24-25H,12H2,1H3,(H,21,22)(H,23,26)/t17-,19+/m1/s1. The van der Waals surface area contributed by atoms with Crippen LogP contribution >= 0.6 is 0 Å². The Balaban J connectivity index is 1.80. The van der Waals surface area contributed by atoms with Gasteiger partial charge in [0.15, 0.2) is 0 Å². The minimum absolute atomic E-state index is 0.309. The Morgan fingerprint density at radius 2 is 2.00 bits per heavy atom. The van der Waals surface area contributed by atoms with Crippen LogP contribution in [-0.2, 0) is 0 Å². The van der Waals surface area contributed by atoms with Crippen molar-refractivity contribution in [2.75, 3.05) is 13.7 Å². The van der Waals surface area contributed by atoms with Crippen LogP contribution in [0.2, 0.25) is 0 Å². The van der Waals surface area contributed by atoms with E-state index in [1.807, 2.05) is 6.07 Å². The predicted molar refractivity (Wildman–Crippen MR) is 100 cm³/mol. The molecule has 0 bridgehead atoms. The van der Waals surface area contributed by atoms with E-state index >= 15 is 0 Å². The molecular weight excluding hydrogens is 346 g/mol. The second-order valence-electron chi connectivity index (χ2n) is 6.02. The number of benzene rings is 2. The Kier molecular flexibility index (Phi) is 5.85. The van der Waals surface area contributed by atoms with Crippen molar-refractivity contribution in [3.05, 3.63) is 72.1 Å². The fourth-order valence-corrected chi connectivity index (χ4v) is 2.82. The van der Waals surface area contributed by atoms with Crippen molar-refractivity contribution >= 4 is 5.91 Å². The summed E-state index contributed by atoms with van der Waals surface area (Å²) < 4.78 is 5.35. The molecule has 0 aliphatic carbocycles. The van der Waals surface area contributed by atoms with Gasteiger partial charge < -0.3 is 20.3 Å². The quantitative estimate of drug-likeness (QED) is 0.510. The average molecular weight is 367 g/mol. The summed E-state index contributed by atoms with van der Waals surface area (Å²) in [6.07, 6.45) is 2.38. The highest BCUT2D eigenvalue weighted by atomic mass is 16.5. The lowest BCUT2D eigenvalue weighted by Crippen LogP contribution is -2.42. The Hall–Kier alpha value is -3.16. The number of nitrogens with one attached hydrogen (secondary N) is 2. The fraction of sp³-hybridized carbons (Fsp3) is 0.200. The van der Waals surface area contributed by atoms with Gasteiger partial charge in [-0.05, 0) is 23.3 Å². The fourth-order valence-electron chi connectivity index (χ4n) is 2.82. The Bertz CT molecular complexity index is 882. The molecule has 3 aromatic rings. The van der Waals surface area contributed by atoms with Gasteiger partial charge in [0.1, 0.15) is 11.9 Å². The first-order valence-corrected chi connectivity index (χ1v) is 8.46. The lowest BCUT2D eigenvalue weighted by atomic mass is 10.0. The first-order chi connectivity index (χ1) is 13.1. The third-order valence-corrected chi connectivity index (χ3v) is 4.31. The number of ether oxygens (including phenoxy) is 1. The van der Waals surface area contributed by atoms with Gasteiger partial charge in [-0.3, -0.25) is 9.89 Å². The number of aromatic nitrogens is 2. The van der Waals surface area contributed by atoms with Gasteiger partial charge in [-0.25, -0.2) is 0 Å². The number of hydrogen-bond acceptors (Lipinski definition) is 5. The van der Waals surface area contributed by atoms with Crippen LogP contribution in [0.3, 0.4) is 0 Å². The van der Waals surface area contributed by atoms with E-state index in [2.05, 4.69) is 15.5 Å². The third-order valence-electron chi connectivity index (χ3n) is 4.31. The molecule has 0 spiro atoms. The van der Waals surface area contributed by atoms with Crippen molar-refractivity contribution in [2.24, 2.45) is 0 Å². The zero-order chi connectivity index (χ0) is 19.2. The molecule has 0 saturated heterocycles. The molecule has 0 unspecified atom stereocenters. The van der Waals surface area contributed by atoms with E-state index in [1.54, 1.807) is 54.9 Å². The summed E-state index contributed by atoms with van der Waals surface area (Å²) in [5.41, 5.74) is 2.63. The van der Waals surface area contributed by atoms with Crippen molar-refractivity contribution in [3.63, 3.8) is 0 Å². The highest BCUT2D eigenvalue weighted by Gasteiger charge is 2.24. The predicted octanol–water partition coefficient (Wildman–Crippen LogP) is 1.91. The third kappa shape index (κ3) is 4.16. The molecule has 0 fully saturated rings. The average Bonchev–Trinajstić information content (AvgIpc) is 3.26. The molecule has 4 N–H and O–H groups in total. The number of aromatic amines is 1. The van der Waals surface area contributed by atoms with E-state index in [1.165, 1.54) is 7.11 Å². The summed E-state index contributed by atoms with van der Waals surface area (Å²) in [5.74, 6) is -0.0586. The van der Waals surface area contributed by atoms with Gasteiger partial charge in [0.25, 0.3) is 5.91 Å². The molecule has 2 aromatic carbocycles. The Labute approximate surface area is 156 Å². The van der Waals surface area contributed by atoms with Gasteiger partial charge >= 0.3 is 0 Å². The SMILES string of the molecule is COc1cc(-c2cn[nH]c2)ccc1C(=O)N[C@H](CO)[C@@H](O)c1ccccc1. The number of aliphatic hydroxyl groups excluding tert-OH is 2. The second-order valence-corrected chi connectivity index (χ2v) is 6.02. The zero-order valence-corrected chi connectivity index (χ0v) is 14.8. The van der Waals surface area contributed by atoms with Gasteiger partial charge in [-0.15, -0.1) is 0 Å². The maximum Gasteiger partial charge on any atom is 0.255 e. The van der Waals surface area contributed by atoms with E-state index in [4.69, 9.17) is 4.74 Å². The van der Waals surface area contributed by atoms with Crippen LogP contribution in [0.15, 0.2) is 60.9 Å². The maximum absolute atomic E-state index is 12.7. The summed E-state index contributed by atoms with van der Waals surface area (Å²) in [6, 6.07) is 13.2. The molecule has 0 aliphatic heterocycles. The number of rotatable bonds is 7. The van der Waals surface area contributed by atoms with Crippen LogP contribution in [0.5, 0.6) is 5.75 Å². The second kappa shape index (κ2) is 8.48. The van der Waals surface area contributed by atoms with Crippen LogP contribution in [0.1, 0.15) is 22.0 Å². The molecule has 0 saturated carbocycles. The van der Waals surface area contributed by atoms with Crippen LogP contribution in [0.25, 0.3) is 11.1 Å². The van der Waals surface area contributed by atoms with E-state index in [-0.39, 0.29) is 0 Å². The number of H-pyrrole nitrogens is 1. The lowest BCUT2D eigenvalue weighted by molar-refractivity contribution is 0.0701. The molecule has 7 nitrogen and oxygen atoms in total. The number of nitrogens with zero attached hydrogens (tertiary/aromatic N) is 1. The van der Waals surface area contributed by atoms with Crippen LogP contribution in [0, 0.1) is 0 Å². The van der Waals surface area contributed by atoms with Crippen LogP contribution in [-0.4, -0.2) is 46.1 Å². The molecule has 0 radical (unpaired) electrons. The molecule has 3 rings (SSSR count). The zero-order valence-electron chi connectivity index (χ0n) is 14.8. The minimum Gasteiger partial charge on any atom is -0.496 e. The van der Waals surface area contributed by atoms with Crippen LogP contribution in [0.4, 0.5) is 0 Å². The highest BCUT2D eigenvalue weighted by Crippen LogP contribution is 2.27. The minimum atomic E-state index is -1.03. The Morgan fingerprint density at radius 3 is 2.63 bits per heavy atom. The van der Waals surface area contributed by atoms with Crippen LogP contribution < -0.4 is 10.1 Å². The van der Waals surface area contributed by atoms with Gasteiger partial charge in [-0.2, -0.15) is 5.10 Å². The molecular formula is C20H21N3O4. The summed E-state index contributed by atoms with van der Waals surface area (Å²) >= 11 is 0. The van der Waals surface area contributed by atoms with Gasteiger partial charge in [0.05, 0.1) is 31.5 Å². The summed E-state index contributed by atoms with van der Waals surface area (Å²) in [4.78, 5) is 12.7. The number of amides is 1. The van der Waals surface area contributed by atoms with E-state index in [9.17, 15) is 15.0 Å². The molecule has 7 heteroatoms. The van der Waals surface area contributed by atoms with Crippen molar-refractivity contribution in [1.82, 2.24) is 15.5 Å². The van der Waals surface area contributed by atoms with Crippen molar-refractivity contribution in [2.45, 2.75) is 12.1 Å². The number of carbonyl (C=O) groups excluding carboxylic acids is 1. The topological polar surface area (TPSA) is 107 Å². The molecule has 1 amide bonds. The van der Waals surface area contributed by atoms with E-state index in [0.29, 0.717) is 16.9 Å². The number of hydrogen-bond donors (Lipinski definition) is 4. The highest BCUT2D eigenvalue weighted by molar-refractivity contribution is 5.97. The smallest absolute Gasteiger partial charge is 0.255 e. The summed E-state index contributed by atoms with van der Waals surface area (Å²) in [6.45, 7) is -0.406. The van der Waals surface area contributed by atoms with Gasteiger partial charge in [0.2, 0.25) is 0 Å². The summed E-state index contributed by atoms with van der Waals surface area (Å²) in [5, 5.41) is 29.4. The van der Waals surface area contributed by atoms with E-state index in [0.717, 1.165) is 11.1 Å². The number of aliphatic hydroxyl groups is 2. The first-order valence-electron chi connectivity index (χ1n) is 8.46. The molecule has 27 heavy (non-hydrogen) atoms. The molecule has 0 aliphatic rings. The maximum atomic E-state index is 12.7. The molecule has 2 atom stereocenters. The van der Waals surface area contributed by atoms with Crippen molar-refractivity contribution in [1.29, 1.82) is 0 Å². The number of carbonyl (C=O) groups is 1. The largest absolute Gasteiger partial charge is 0.496 e. The van der Waals surface area contributed by atoms with Crippen molar-refractivity contribution < 1.29 is 19.7 Å². The number of methoxy groups -OCH3 is 1.